The molecule has 1 aliphatic heterocycles. The highest BCUT2D eigenvalue weighted by atomic mass is 79.9. The average molecular weight is 401 g/mol. The van der Waals surface area contributed by atoms with E-state index >= 15 is 0 Å². The Kier molecular flexibility index (Phi) is 4.67. The van der Waals surface area contributed by atoms with Crippen molar-refractivity contribution in [2.45, 2.75) is 0 Å². The Morgan fingerprint density at radius 1 is 1.00 bits per heavy atom. The zero-order valence-electron chi connectivity index (χ0n) is 13.2. The minimum absolute atomic E-state index is 0.118. The first kappa shape index (κ1) is 16.9. The van der Waals surface area contributed by atoms with E-state index in [0.29, 0.717) is 17.0 Å². The molecule has 1 heterocycles. The summed E-state index contributed by atoms with van der Waals surface area (Å²) in [5.74, 6) is -0.737. The van der Waals surface area contributed by atoms with Gasteiger partial charge < -0.3 is 4.74 Å². The quantitative estimate of drug-likeness (QED) is 0.634. The smallest absolute Gasteiger partial charge is 0.335 e. The molecule has 2 aromatic carbocycles. The van der Waals surface area contributed by atoms with Crippen LogP contribution < -0.4 is 15.0 Å². The van der Waals surface area contributed by atoms with Gasteiger partial charge in [-0.05, 0) is 48.0 Å². The second-order valence-electron chi connectivity index (χ2n) is 5.21. The van der Waals surface area contributed by atoms with Crippen molar-refractivity contribution >= 4 is 45.5 Å². The van der Waals surface area contributed by atoms with Crippen LogP contribution in [0.3, 0.4) is 0 Å². The minimum Gasteiger partial charge on any atom is -0.497 e. The van der Waals surface area contributed by atoms with Gasteiger partial charge in [0.15, 0.2) is 0 Å². The predicted molar refractivity (Wildman–Crippen MR) is 96.1 cm³/mol. The van der Waals surface area contributed by atoms with E-state index in [4.69, 9.17) is 4.74 Å². The second kappa shape index (κ2) is 6.90. The zero-order valence-corrected chi connectivity index (χ0v) is 14.7. The molecule has 0 saturated carbocycles. The summed E-state index contributed by atoms with van der Waals surface area (Å²) in [5, 5.41) is 2.19. The number of carbonyl (C=O) groups excluding carboxylic acids is 3. The fourth-order valence-electron chi connectivity index (χ4n) is 2.35. The molecule has 0 aromatic heterocycles. The third-order valence-electron chi connectivity index (χ3n) is 3.61. The number of amides is 4. The highest BCUT2D eigenvalue weighted by molar-refractivity contribution is 9.10. The number of hydrogen-bond acceptors (Lipinski definition) is 4. The third kappa shape index (κ3) is 3.46. The molecule has 126 valence electrons. The van der Waals surface area contributed by atoms with Crippen molar-refractivity contribution in [1.29, 1.82) is 0 Å². The van der Waals surface area contributed by atoms with Crippen LogP contribution in [0.5, 0.6) is 5.75 Å². The fraction of sp³-hybridized carbons (Fsp3) is 0.0556. The van der Waals surface area contributed by atoms with Gasteiger partial charge in [-0.25, -0.2) is 9.69 Å². The molecule has 1 aliphatic rings. The first-order valence-electron chi connectivity index (χ1n) is 7.30. The summed E-state index contributed by atoms with van der Waals surface area (Å²) in [6, 6.07) is 12.7. The van der Waals surface area contributed by atoms with Gasteiger partial charge in [0.05, 0.1) is 12.8 Å². The molecule has 6 nitrogen and oxygen atoms in total. The maximum Gasteiger partial charge on any atom is 0.335 e. The summed E-state index contributed by atoms with van der Waals surface area (Å²) < 4.78 is 5.89. The van der Waals surface area contributed by atoms with Crippen LogP contribution >= 0.6 is 15.9 Å². The van der Waals surface area contributed by atoms with Gasteiger partial charge in [-0.15, -0.1) is 0 Å². The Hall–Kier alpha value is -2.93. The van der Waals surface area contributed by atoms with Gasteiger partial charge in [-0.1, -0.05) is 28.1 Å². The number of rotatable bonds is 3. The summed E-state index contributed by atoms with van der Waals surface area (Å²) in [6.07, 6.45) is 1.44. The molecule has 3 rings (SSSR count). The number of halogens is 1. The molecule has 0 radical (unpaired) electrons. The van der Waals surface area contributed by atoms with Crippen LogP contribution in [0.2, 0.25) is 0 Å². The van der Waals surface area contributed by atoms with E-state index < -0.39 is 17.8 Å². The number of benzene rings is 2. The van der Waals surface area contributed by atoms with E-state index in [-0.39, 0.29) is 5.57 Å². The number of barbiturate groups is 1. The first-order valence-corrected chi connectivity index (χ1v) is 8.10. The first-order chi connectivity index (χ1) is 12.0. The molecular weight excluding hydrogens is 388 g/mol. The lowest BCUT2D eigenvalue weighted by Gasteiger charge is -2.26. The topological polar surface area (TPSA) is 75.7 Å². The van der Waals surface area contributed by atoms with Gasteiger partial charge in [0.1, 0.15) is 11.3 Å². The molecule has 0 unspecified atom stereocenters. The van der Waals surface area contributed by atoms with Gasteiger partial charge >= 0.3 is 6.03 Å². The largest absolute Gasteiger partial charge is 0.497 e. The fourth-order valence-corrected chi connectivity index (χ4v) is 2.61. The molecule has 1 fully saturated rings. The lowest BCUT2D eigenvalue weighted by atomic mass is 10.1. The number of carbonyl (C=O) groups is 3. The molecular formula is C18H13BrN2O4. The SMILES string of the molecule is COc1ccc(/C=C2\C(=O)NC(=O)N(c3ccc(Br)cc3)C2=O)cc1. The Morgan fingerprint density at radius 2 is 1.64 bits per heavy atom. The number of urea groups is 1. The van der Waals surface area contributed by atoms with Crippen LogP contribution in [0, 0.1) is 0 Å². The number of hydrogen-bond donors (Lipinski definition) is 1. The molecule has 1 saturated heterocycles. The molecule has 0 bridgehead atoms. The third-order valence-corrected chi connectivity index (χ3v) is 4.14. The van der Waals surface area contributed by atoms with Gasteiger partial charge in [0, 0.05) is 4.47 Å². The van der Waals surface area contributed by atoms with E-state index in [1.54, 1.807) is 55.6 Å². The van der Waals surface area contributed by atoms with Gasteiger partial charge in [0.25, 0.3) is 11.8 Å². The Morgan fingerprint density at radius 3 is 2.24 bits per heavy atom. The molecule has 25 heavy (non-hydrogen) atoms. The average Bonchev–Trinajstić information content (AvgIpc) is 2.60. The molecule has 4 amide bonds. The van der Waals surface area contributed by atoms with Crippen LogP contribution in [0.25, 0.3) is 6.08 Å². The van der Waals surface area contributed by atoms with Crippen molar-refractivity contribution in [1.82, 2.24) is 5.32 Å². The van der Waals surface area contributed by atoms with E-state index in [1.807, 2.05) is 0 Å². The summed E-state index contributed by atoms with van der Waals surface area (Å²) in [7, 11) is 1.55. The minimum atomic E-state index is -0.774. The van der Waals surface area contributed by atoms with Crippen LogP contribution in [0.15, 0.2) is 58.6 Å². The van der Waals surface area contributed by atoms with Crippen molar-refractivity contribution in [2.24, 2.45) is 0 Å². The number of methoxy groups -OCH3 is 1. The number of anilines is 1. The molecule has 0 aliphatic carbocycles. The van der Waals surface area contributed by atoms with Crippen LogP contribution in [-0.2, 0) is 9.59 Å². The maximum atomic E-state index is 12.7. The normalized spacial score (nSPS) is 16.2. The van der Waals surface area contributed by atoms with Crippen LogP contribution in [0.1, 0.15) is 5.56 Å². The van der Waals surface area contributed by atoms with Crippen molar-refractivity contribution in [3.8, 4) is 5.75 Å². The molecule has 7 heteroatoms. The number of ether oxygens (including phenoxy) is 1. The van der Waals surface area contributed by atoms with E-state index in [0.717, 1.165) is 9.37 Å². The van der Waals surface area contributed by atoms with Gasteiger partial charge in [-0.2, -0.15) is 0 Å². The van der Waals surface area contributed by atoms with E-state index in [1.165, 1.54) is 6.08 Å². The summed E-state index contributed by atoms with van der Waals surface area (Å²) in [5.41, 5.74) is 0.899. The lowest BCUT2D eigenvalue weighted by molar-refractivity contribution is -0.122. The van der Waals surface area contributed by atoms with Gasteiger partial charge in [-0.3, -0.25) is 14.9 Å². The number of imide groups is 2. The summed E-state index contributed by atoms with van der Waals surface area (Å²) in [4.78, 5) is 37.8. The zero-order chi connectivity index (χ0) is 18.0. The monoisotopic (exact) mass is 400 g/mol. The maximum absolute atomic E-state index is 12.7. The Bertz CT molecular complexity index is 873. The number of nitrogens with zero attached hydrogens (tertiary/aromatic N) is 1. The molecule has 1 N–H and O–H groups in total. The predicted octanol–water partition coefficient (Wildman–Crippen LogP) is 3.12. The molecule has 2 aromatic rings. The Balaban J connectivity index is 1.97. The summed E-state index contributed by atoms with van der Waals surface area (Å²) in [6.45, 7) is 0. The van der Waals surface area contributed by atoms with Crippen molar-refractivity contribution in [3.63, 3.8) is 0 Å². The lowest BCUT2D eigenvalue weighted by Crippen LogP contribution is -2.54. The van der Waals surface area contributed by atoms with E-state index in [9.17, 15) is 14.4 Å². The van der Waals surface area contributed by atoms with Crippen molar-refractivity contribution in [3.05, 3.63) is 64.1 Å². The molecule has 0 spiro atoms. The number of nitrogens with one attached hydrogen (secondary N) is 1. The van der Waals surface area contributed by atoms with Crippen molar-refractivity contribution < 1.29 is 19.1 Å². The van der Waals surface area contributed by atoms with Gasteiger partial charge in [0.2, 0.25) is 0 Å². The highest BCUT2D eigenvalue weighted by Gasteiger charge is 2.36. The highest BCUT2D eigenvalue weighted by Crippen LogP contribution is 2.24. The Labute approximate surface area is 152 Å². The standard InChI is InChI=1S/C18H13BrN2O4/c1-25-14-8-2-11(3-9-14)10-15-16(22)20-18(24)21(17(15)23)13-6-4-12(19)5-7-13/h2-10H,1H3,(H,20,22,24)/b15-10+. The second-order valence-corrected chi connectivity index (χ2v) is 6.12. The molecule has 0 atom stereocenters. The van der Waals surface area contributed by atoms with E-state index in [2.05, 4.69) is 21.2 Å². The van der Waals surface area contributed by atoms with Crippen LogP contribution in [0.4, 0.5) is 10.5 Å². The van der Waals surface area contributed by atoms with Crippen LogP contribution in [-0.4, -0.2) is 25.0 Å². The van der Waals surface area contributed by atoms with Crippen molar-refractivity contribution in [2.75, 3.05) is 12.0 Å². The summed E-state index contributed by atoms with van der Waals surface area (Å²) >= 11 is 3.30.